The first-order valence-corrected chi connectivity index (χ1v) is 11.6. The van der Waals surface area contributed by atoms with Gasteiger partial charge in [0.05, 0.1) is 6.85 Å². The van der Waals surface area contributed by atoms with E-state index in [0.717, 1.165) is 6.20 Å². The fourth-order valence-electron chi connectivity index (χ4n) is 2.84. The van der Waals surface area contributed by atoms with Crippen LogP contribution in [-0.2, 0) is 20.1 Å². The van der Waals surface area contributed by atoms with E-state index in [1.54, 1.807) is 38.1 Å². The van der Waals surface area contributed by atoms with Crippen LogP contribution in [0.5, 0.6) is 0 Å². The first-order chi connectivity index (χ1) is 19.7. The summed E-state index contributed by atoms with van der Waals surface area (Å²) in [4.78, 5) is 3.41. The van der Waals surface area contributed by atoms with Crippen LogP contribution in [0, 0.1) is 25.0 Å². The molecule has 182 valence electrons. The van der Waals surface area contributed by atoms with Gasteiger partial charge in [0.25, 0.3) is 0 Å². The van der Waals surface area contributed by atoms with Crippen LogP contribution in [0.1, 0.15) is 34.6 Å². The molecule has 0 aliphatic rings. The number of allylic oxidation sites excluding steroid dienone is 3. The van der Waals surface area contributed by atoms with Crippen molar-refractivity contribution in [1.29, 1.82) is 0 Å². The Morgan fingerprint density at radius 3 is 2.64 bits per heavy atom. The normalized spacial score (nSPS) is 13.8. The van der Waals surface area contributed by atoms with Crippen molar-refractivity contribution in [3.8, 4) is 0 Å². The van der Waals surface area contributed by atoms with Gasteiger partial charge in [0.2, 0.25) is 0 Å². The number of nitrogens with zero attached hydrogens (tertiary/aromatic N) is 2. The molecule has 0 aliphatic carbocycles. The summed E-state index contributed by atoms with van der Waals surface area (Å²) in [5.41, 5.74) is 1.54. The third-order valence-corrected chi connectivity index (χ3v) is 5.87. The second kappa shape index (κ2) is 15.1. The molecule has 0 spiro atoms. The van der Waals surface area contributed by atoms with Crippen LogP contribution in [0.15, 0.2) is 115 Å². The molecule has 0 saturated carbocycles. The van der Waals surface area contributed by atoms with Crippen molar-refractivity contribution in [3.63, 3.8) is 0 Å². The molecule has 2 nitrogen and oxygen atoms in total. The smallest absolute Gasteiger partial charge is 0.855 e. The number of rotatable bonds is 4. The van der Waals surface area contributed by atoms with Crippen molar-refractivity contribution in [1.82, 2.24) is 4.98 Å². The Kier molecular flexibility index (Phi) is 8.34. The summed E-state index contributed by atoms with van der Waals surface area (Å²) in [7, 11) is 0. The summed E-state index contributed by atoms with van der Waals surface area (Å²) in [6.07, 6.45) is 0.851. The van der Waals surface area contributed by atoms with Crippen LogP contribution in [0.2, 0.25) is 0 Å². The Bertz CT molecular complexity index is 1750. The molecule has 0 unspecified atom stereocenters. The molecule has 0 saturated heterocycles. The number of aryl methyl sites for hydroxylation is 1. The molecular weight excluding hydrogens is 637 g/mol. The molecule has 0 aliphatic heterocycles. The quantitative estimate of drug-likeness (QED) is 0.107. The predicted molar refractivity (Wildman–Crippen MR) is 153 cm³/mol. The van der Waals surface area contributed by atoms with Crippen LogP contribution in [0.3, 0.4) is 0 Å². The van der Waals surface area contributed by atoms with Crippen molar-refractivity contribution in [3.05, 3.63) is 144 Å². The van der Waals surface area contributed by atoms with Crippen LogP contribution >= 0.6 is 11.3 Å². The number of hydrogen-bond acceptors (Lipinski definition) is 2. The van der Waals surface area contributed by atoms with Gasteiger partial charge in [0, 0.05) is 19.8 Å². The minimum absolute atomic E-state index is 0. The number of benzene rings is 3. The predicted octanol–water partition coefficient (Wildman–Crippen LogP) is 8.86. The molecule has 0 N–H and O–H groups in total. The molecular formula is C32H29IrN2S. The molecule has 0 bridgehead atoms. The van der Waals surface area contributed by atoms with Gasteiger partial charge in [0.1, 0.15) is 0 Å². The summed E-state index contributed by atoms with van der Waals surface area (Å²) >= 11 is 1.84. The topological polar surface area (TPSA) is 35.2 Å². The van der Waals surface area contributed by atoms with Crippen LogP contribution in [0.25, 0.3) is 25.6 Å². The van der Waals surface area contributed by atoms with Crippen molar-refractivity contribution in [2.75, 3.05) is 0 Å². The van der Waals surface area contributed by atoms with Crippen LogP contribution in [0.4, 0.5) is 0 Å². The van der Waals surface area contributed by atoms with E-state index < -0.39 is 5.89 Å². The van der Waals surface area contributed by atoms with Gasteiger partial charge in [-0.05, 0) is 41.9 Å². The maximum absolute atomic E-state index is 9.89. The molecule has 2 heterocycles. The Labute approximate surface area is 242 Å². The van der Waals surface area contributed by atoms with Crippen LogP contribution < -0.4 is 0 Å². The third kappa shape index (κ3) is 8.80. The van der Waals surface area contributed by atoms with Crippen molar-refractivity contribution in [2.45, 2.75) is 20.8 Å². The van der Waals surface area contributed by atoms with E-state index in [4.69, 9.17) is 9.60 Å². The zero-order valence-corrected chi connectivity index (χ0v) is 23.4. The maximum Gasteiger partial charge on any atom is 3.00 e. The number of thiophene rings is 1. The maximum atomic E-state index is 9.89. The van der Waals surface area contributed by atoms with E-state index in [1.165, 1.54) is 25.7 Å². The minimum atomic E-state index is -1.05. The fraction of sp³-hybridized carbons (Fsp3) is 0.125. The molecule has 36 heavy (non-hydrogen) atoms. The van der Waals surface area contributed by atoms with Gasteiger partial charge >= 0.3 is 20.1 Å². The number of pyridine rings is 1. The minimum Gasteiger partial charge on any atom is -0.855 e. The summed E-state index contributed by atoms with van der Waals surface area (Å²) in [5.74, 6) is -1.05. The molecule has 0 fully saturated rings. The SMILES string of the molecule is Cc1ccc2c(c1)sc1c[c-]ccc12.[2H]/C(C(=C)C([2H])(C)C)=C(\[2H])C(=[N-])c1[c-]cccc1.[2H]c1cnc([2H])c([2H])c1[2H].[Ir+3]. The summed E-state index contributed by atoms with van der Waals surface area (Å²) in [6, 6.07) is 24.2. The molecule has 0 amide bonds. The van der Waals surface area contributed by atoms with Crippen molar-refractivity contribution >= 4 is 37.2 Å². The van der Waals surface area contributed by atoms with Gasteiger partial charge in [-0.15, -0.1) is 41.8 Å². The van der Waals surface area contributed by atoms with E-state index >= 15 is 0 Å². The monoisotopic (exact) mass is 673 g/mol. The number of fused-ring (bicyclic) bond motifs is 3. The molecule has 2 aromatic heterocycles. The molecule has 0 atom stereocenters. The number of hydrogen-bond donors (Lipinski definition) is 0. The molecule has 0 radical (unpaired) electrons. The Hall–Kier alpha value is -3.17. The van der Waals surface area contributed by atoms with Gasteiger partial charge in [-0.1, -0.05) is 54.9 Å². The van der Waals surface area contributed by atoms with Gasteiger partial charge in [-0.25, -0.2) is 17.0 Å². The first kappa shape index (κ1) is 20.0. The van der Waals surface area contributed by atoms with E-state index in [9.17, 15) is 5.41 Å². The van der Waals surface area contributed by atoms with E-state index in [0.29, 0.717) is 5.56 Å². The van der Waals surface area contributed by atoms with Crippen molar-refractivity contribution < 1.29 is 29.7 Å². The zero-order chi connectivity index (χ0) is 31.2. The van der Waals surface area contributed by atoms with Crippen molar-refractivity contribution in [2.24, 2.45) is 5.89 Å². The fourth-order valence-corrected chi connectivity index (χ4v) is 4.02. The third-order valence-electron chi connectivity index (χ3n) is 4.76. The molecule has 5 rings (SSSR count). The standard InChI is InChI=1S/C14H15N.C13H9S.C5H5N.Ir/c1-11(2)12(3)9-10-14(15)13-7-5-4-6-8-13;1-9-6-7-11-10-4-2-3-5-12(10)14-13(11)8-9;1-2-4-6-5-3-1;/h4-7,9-11H,3H2,1-2H3;2,4-8H,1H3;1-5H;/q-2;-1;;+3/b10-9-;;;/i9D,10D,11D;;1D,2D,3D,4D;. The average Bonchev–Trinajstić information content (AvgIpc) is 3.34. The van der Waals surface area contributed by atoms with Crippen LogP contribution in [-0.4, -0.2) is 10.7 Å². The molecule has 5 aromatic rings. The summed E-state index contributed by atoms with van der Waals surface area (Å²) in [6.45, 7) is 8.94. The Balaban J connectivity index is 0.000000231. The summed E-state index contributed by atoms with van der Waals surface area (Å²) < 4.78 is 54.1. The Morgan fingerprint density at radius 1 is 1.11 bits per heavy atom. The zero-order valence-electron chi connectivity index (χ0n) is 27.2. The molecule has 4 heteroatoms. The first-order valence-electron chi connectivity index (χ1n) is 14.3. The van der Waals surface area contributed by atoms with Gasteiger partial charge in [-0.2, -0.15) is 29.8 Å². The van der Waals surface area contributed by atoms with Gasteiger partial charge < -0.3 is 5.41 Å². The number of aromatic nitrogens is 1. The Morgan fingerprint density at radius 2 is 1.92 bits per heavy atom. The largest absolute Gasteiger partial charge is 3.00 e. The average molecular weight is 673 g/mol. The second-order valence-corrected chi connectivity index (χ2v) is 8.73. The summed E-state index contributed by atoms with van der Waals surface area (Å²) in [5, 5.41) is 12.6. The van der Waals surface area contributed by atoms with Gasteiger partial charge in [-0.3, -0.25) is 4.98 Å². The second-order valence-electron chi connectivity index (χ2n) is 7.64. The van der Waals surface area contributed by atoms with Gasteiger partial charge in [0.15, 0.2) is 0 Å². The molecule has 3 aromatic carbocycles. The van der Waals surface area contributed by atoms with E-state index in [2.05, 4.69) is 61.0 Å². The van der Waals surface area contributed by atoms with E-state index in [-0.39, 0.29) is 67.8 Å². The van der Waals surface area contributed by atoms with E-state index in [1.807, 2.05) is 17.4 Å².